The van der Waals surface area contributed by atoms with Crippen LogP contribution in [0.3, 0.4) is 0 Å². The molecule has 0 bridgehead atoms. The fourth-order valence-corrected chi connectivity index (χ4v) is 11.5. The summed E-state index contributed by atoms with van der Waals surface area (Å²) in [6.45, 7) is 18.3. The number of aliphatic hydroxyl groups is 2. The van der Waals surface area contributed by atoms with Gasteiger partial charge in [-0.3, -0.25) is 63.0 Å². The van der Waals surface area contributed by atoms with Crippen molar-refractivity contribution in [2.45, 2.75) is 206 Å². The van der Waals surface area contributed by atoms with Crippen molar-refractivity contribution in [1.29, 1.82) is 0 Å². The molecule has 2 aliphatic heterocycles. The highest BCUT2D eigenvalue weighted by Crippen LogP contribution is 2.24. The van der Waals surface area contributed by atoms with Crippen LogP contribution in [0.4, 0.5) is 0 Å². The Labute approximate surface area is 537 Å². The minimum Gasteiger partial charge on any atom is -0.391 e. The maximum absolute atomic E-state index is 15.2. The number of rotatable bonds is 14. The Balaban J connectivity index is 1.90. The number of carbonyl (C=O) groups excluding carboxylic acids is 11. The zero-order chi connectivity index (χ0) is 68.2. The lowest BCUT2D eigenvalue weighted by molar-refractivity contribution is -0.151. The summed E-state index contributed by atoms with van der Waals surface area (Å²) in [7, 11) is 5.75. The maximum Gasteiger partial charge on any atom is 0.246 e. The average Bonchev–Trinajstić information content (AvgIpc) is 0.913. The lowest BCUT2D eigenvalue weighted by Crippen LogP contribution is -2.66. The third-order valence-corrected chi connectivity index (χ3v) is 17.4. The molecule has 0 aromatic heterocycles. The minimum atomic E-state index is -1.94. The van der Waals surface area contributed by atoms with Gasteiger partial charge in [0.1, 0.15) is 54.2 Å². The summed E-state index contributed by atoms with van der Waals surface area (Å²) in [6, 6.07) is 6.16. The standard InChI is InChI=1S/C66H104N12O13/c1-16-42(8)54-65(91)77(15)66(11,38-79)67-37-53(82)72-55(44(10)80)59(85)70-49(63(89)78-30-24-19-25-31-78)36-52(81)68-43(9)57(83)69-47(32-39(2)3)61(87)75(13)51(33-40(4)5)64(90)76(14)56(41(6)7)60(86)71-48(34-45-26-20-17-21-27-45)62(88)74(12)50(58(84)73-54)35-46-28-22-18-23-29-46/h17-18,20-23,26-29,38-44,47-51,54-56,62,67,80,88H,16,19,24-25,30-37H2,1-15H3,(H,68,81)(H,69,83)(H,70,85)(H,71,86)(H,72,82)(H,73,84)/t42-,43-,44+,47-,48-,49-,50-,51?,54-,55-,56-,62?,66+/m0/s1. The Hall–Kier alpha value is -7.35. The topological polar surface area (TPSA) is 329 Å². The second-order valence-corrected chi connectivity index (χ2v) is 26.1. The number of carbonyl (C=O) groups is 11. The highest BCUT2D eigenvalue weighted by atomic mass is 16.3. The van der Waals surface area contributed by atoms with Crippen molar-refractivity contribution in [3.05, 3.63) is 71.8 Å². The first kappa shape index (κ1) is 76.1. The molecule has 0 spiro atoms. The molecule has 25 nitrogen and oxygen atoms in total. The van der Waals surface area contributed by atoms with Crippen LogP contribution >= 0.6 is 0 Å². The first-order chi connectivity index (χ1) is 42.8. The smallest absolute Gasteiger partial charge is 0.246 e. The first-order valence-electron chi connectivity index (χ1n) is 32.0. The average molecular weight is 1270 g/mol. The highest BCUT2D eigenvalue weighted by Gasteiger charge is 2.44. The van der Waals surface area contributed by atoms with Crippen molar-refractivity contribution in [2.75, 3.05) is 47.8 Å². The van der Waals surface area contributed by atoms with Crippen molar-refractivity contribution in [3.63, 3.8) is 0 Å². The monoisotopic (exact) mass is 1270 g/mol. The summed E-state index contributed by atoms with van der Waals surface area (Å²) in [5.74, 6) is -8.99. The summed E-state index contributed by atoms with van der Waals surface area (Å²) < 4.78 is 0. The molecule has 2 saturated heterocycles. The van der Waals surface area contributed by atoms with E-state index in [9.17, 15) is 48.6 Å². The normalized spacial score (nSPS) is 28.0. The molecule has 2 aliphatic rings. The van der Waals surface area contributed by atoms with Crippen molar-refractivity contribution < 1.29 is 63.0 Å². The maximum atomic E-state index is 15.2. The van der Waals surface area contributed by atoms with E-state index in [4.69, 9.17) is 0 Å². The molecule has 25 heteroatoms. The van der Waals surface area contributed by atoms with Crippen LogP contribution in [0.5, 0.6) is 0 Å². The molecule has 2 aromatic rings. The lowest BCUT2D eigenvalue weighted by atomic mass is 9.95. The number of aliphatic hydroxyl groups excluding tert-OH is 2. The van der Waals surface area contributed by atoms with Crippen LogP contribution < -0.4 is 37.2 Å². The first-order valence-corrected chi connectivity index (χ1v) is 32.0. The SMILES string of the molecule is CC[C@H](C)[C@@H]1NC(=O)[C@H](Cc2ccccc2)N(C)C(O)[C@H](Cc2ccccc2)NC(=O)[C@H](C(C)C)N(C)C(=O)C(CC(C)C)N(C)C(=O)[C@H](CC(C)C)NC(=O)[C@H](C)NC(=O)C[C@@H](C(=O)N2CCCCC2)NC(=O)[C@H]([C@@H](C)O)NC(=O)CN[C@@](C)(C=O)N(C)C1=O. The molecule has 0 radical (unpaired) electrons. The van der Waals surface area contributed by atoms with E-state index in [2.05, 4.69) is 37.2 Å². The van der Waals surface area contributed by atoms with E-state index in [1.54, 1.807) is 63.2 Å². The van der Waals surface area contributed by atoms with Crippen molar-refractivity contribution in [1.82, 2.24) is 61.7 Å². The van der Waals surface area contributed by atoms with Gasteiger partial charge in [-0.2, -0.15) is 0 Å². The van der Waals surface area contributed by atoms with Crippen LogP contribution in [-0.2, 0) is 65.6 Å². The molecular formula is C66H104N12O13. The number of piperidine rings is 1. The molecule has 506 valence electrons. The Morgan fingerprint density at radius 2 is 1.21 bits per heavy atom. The number of hydrogen-bond donors (Lipinski definition) is 9. The molecule has 13 atom stereocenters. The molecule has 0 aliphatic carbocycles. The fraction of sp³-hybridized carbons (Fsp3) is 0.652. The third kappa shape index (κ3) is 21.6. The quantitative estimate of drug-likeness (QED) is 0.120. The van der Waals surface area contributed by atoms with Crippen LogP contribution in [-0.4, -0.2) is 220 Å². The van der Waals surface area contributed by atoms with Gasteiger partial charge in [-0.05, 0) is 108 Å². The largest absolute Gasteiger partial charge is 0.391 e. The van der Waals surface area contributed by atoms with Gasteiger partial charge < -0.3 is 61.7 Å². The molecule has 2 unspecified atom stereocenters. The van der Waals surface area contributed by atoms with Crippen LogP contribution in [0, 0.1) is 23.7 Å². The fourth-order valence-electron chi connectivity index (χ4n) is 11.5. The number of nitrogens with one attached hydrogen (secondary N) is 7. The number of amides is 10. The van der Waals surface area contributed by atoms with Crippen LogP contribution in [0.15, 0.2) is 60.7 Å². The molecule has 2 aromatic carbocycles. The summed E-state index contributed by atoms with van der Waals surface area (Å²) in [4.78, 5) is 165. The van der Waals surface area contributed by atoms with Gasteiger partial charge in [0.15, 0.2) is 6.29 Å². The molecule has 2 heterocycles. The van der Waals surface area contributed by atoms with Gasteiger partial charge >= 0.3 is 0 Å². The highest BCUT2D eigenvalue weighted by molar-refractivity contribution is 5.98. The predicted octanol–water partition coefficient (Wildman–Crippen LogP) is 1.23. The molecule has 4 rings (SSSR count). The van der Waals surface area contributed by atoms with Gasteiger partial charge in [0.25, 0.3) is 0 Å². The Morgan fingerprint density at radius 3 is 1.74 bits per heavy atom. The van der Waals surface area contributed by atoms with Crippen LogP contribution in [0.25, 0.3) is 0 Å². The Morgan fingerprint density at radius 1 is 0.637 bits per heavy atom. The van der Waals surface area contributed by atoms with Gasteiger partial charge in [0, 0.05) is 34.2 Å². The lowest BCUT2D eigenvalue weighted by Gasteiger charge is -2.40. The second-order valence-electron chi connectivity index (χ2n) is 26.1. The Kier molecular flexibility index (Phi) is 29.7. The Bertz CT molecular complexity index is 2780. The molecular weight excluding hydrogens is 1170 g/mol. The number of likely N-dealkylation sites (tertiary alicyclic amines) is 1. The van der Waals surface area contributed by atoms with E-state index in [1.807, 2.05) is 52.8 Å². The molecule has 10 amide bonds. The molecule has 0 saturated carbocycles. The van der Waals surface area contributed by atoms with Gasteiger partial charge in [-0.15, -0.1) is 0 Å². The summed E-state index contributed by atoms with van der Waals surface area (Å²) in [5, 5.41) is 42.7. The van der Waals surface area contributed by atoms with Crippen molar-refractivity contribution in [2.24, 2.45) is 23.7 Å². The zero-order valence-electron chi connectivity index (χ0n) is 56.1. The summed E-state index contributed by atoms with van der Waals surface area (Å²) in [6.07, 6.45) is -0.704. The van der Waals surface area contributed by atoms with E-state index in [1.165, 1.54) is 68.6 Å². The van der Waals surface area contributed by atoms with E-state index in [-0.39, 0.29) is 37.5 Å². The summed E-state index contributed by atoms with van der Waals surface area (Å²) >= 11 is 0. The molecule has 91 heavy (non-hydrogen) atoms. The second kappa shape index (κ2) is 35.5. The van der Waals surface area contributed by atoms with E-state index in [0.717, 1.165) is 11.3 Å². The third-order valence-electron chi connectivity index (χ3n) is 17.4. The van der Waals surface area contributed by atoms with Gasteiger partial charge in [0.05, 0.1) is 31.2 Å². The van der Waals surface area contributed by atoms with Gasteiger partial charge in [-0.25, -0.2) is 0 Å². The number of nitrogens with zero attached hydrogens (tertiary/aromatic N) is 5. The predicted molar refractivity (Wildman–Crippen MR) is 343 cm³/mol. The molecule has 2 fully saturated rings. The van der Waals surface area contributed by atoms with E-state index in [0.29, 0.717) is 49.8 Å². The van der Waals surface area contributed by atoms with E-state index >= 15 is 14.4 Å². The van der Waals surface area contributed by atoms with Crippen LogP contribution in [0.1, 0.15) is 132 Å². The van der Waals surface area contributed by atoms with Crippen molar-refractivity contribution >= 4 is 65.4 Å². The van der Waals surface area contributed by atoms with Crippen molar-refractivity contribution in [3.8, 4) is 0 Å². The number of aldehydes is 1. The summed E-state index contributed by atoms with van der Waals surface area (Å²) in [5.41, 5.74) is -0.550. The van der Waals surface area contributed by atoms with Gasteiger partial charge in [0.2, 0.25) is 59.1 Å². The number of hydrogen-bond acceptors (Lipinski definition) is 15. The molecule has 9 N–H and O–H groups in total. The zero-order valence-corrected chi connectivity index (χ0v) is 56.1. The van der Waals surface area contributed by atoms with Gasteiger partial charge in [-0.1, -0.05) is 122 Å². The number of likely N-dealkylation sites (N-methyl/N-ethyl adjacent to an activating group) is 4. The minimum absolute atomic E-state index is 0.00181. The number of benzene rings is 2. The van der Waals surface area contributed by atoms with Crippen LogP contribution in [0.2, 0.25) is 0 Å². The van der Waals surface area contributed by atoms with E-state index < -0.39 is 156 Å².